The molecule has 1 saturated heterocycles. The standard InChI is InChI=1S/C16H24N4O4/c1-9(2)6-19-7-12(5-13(19)21)16(24)17-15-10(3)18-20(11(15)4)8-14(22)23/h9,12H,5-8H2,1-4H3,(H,17,24)(H,22,23)/t12-/m1/s1. The molecule has 0 radical (unpaired) electrons. The van der Waals surface area contributed by atoms with Gasteiger partial charge in [-0.15, -0.1) is 0 Å². The normalized spacial score (nSPS) is 17.6. The zero-order chi connectivity index (χ0) is 18.0. The largest absolute Gasteiger partial charge is 0.480 e. The molecule has 24 heavy (non-hydrogen) atoms. The number of anilines is 1. The van der Waals surface area contributed by atoms with Crippen LogP contribution in [-0.4, -0.2) is 50.7 Å². The SMILES string of the molecule is Cc1nn(CC(=O)O)c(C)c1NC(=O)[C@@H]1CC(=O)N(CC(C)C)C1. The van der Waals surface area contributed by atoms with Crippen LogP contribution in [0.2, 0.25) is 0 Å². The fourth-order valence-electron chi connectivity index (χ4n) is 2.95. The Morgan fingerprint density at radius 1 is 1.38 bits per heavy atom. The number of hydrogen-bond donors (Lipinski definition) is 2. The van der Waals surface area contributed by atoms with Crippen LogP contribution >= 0.6 is 0 Å². The van der Waals surface area contributed by atoms with Gasteiger partial charge in [0.1, 0.15) is 6.54 Å². The average Bonchev–Trinajstić information content (AvgIpc) is 2.93. The lowest BCUT2D eigenvalue weighted by Gasteiger charge is -2.18. The highest BCUT2D eigenvalue weighted by molar-refractivity contribution is 5.98. The van der Waals surface area contributed by atoms with Crippen LogP contribution in [0.15, 0.2) is 0 Å². The molecule has 1 aliphatic heterocycles. The maximum atomic E-state index is 12.5. The average molecular weight is 336 g/mol. The molecule has 1 aromatic rings. The van der Waals surface area contributed by atoms with Gasteiger partial charge in [0.2, 0.25) is 11.8 Å². The third-order valence-electron chi connectivity index (χ3n) is 4.09. The van der Waals surface area contributed by atoms with Crippen molar-refractivity contribution in [1.29, 1.82) is 0 Å². The molecule has 8 nitrogen and oxygen atoms in total. The monoisotopic (exact) mass is 336 g/mol. The first kappa shape index (κ1) is 18.0. The maximum Gasteiger partial charge on any atom is 0.325 e. The zero-order valence-electron chi connectivity index (χ0n) is 14.5. The second kappa shape index (κ2) is 7.02. The Morgan fingerprint density at radius 3 is 2.62 bits per heavy atom. The number of aryl methyl sites for hydroxylation is 1. The molecule has 0 unspecified atom stereocenters. The minimum Gasteiger partial charge on any atom is -0.480 e. The molecule has 0 aliphatic carbocycles. The number of aliphatic carboxylic acids is 1. The second-order valence-electron chi connectivity index (χ2n) is 6.68. The van der Waals surface area contributed by atoms with Gasteiger partial charge in [0.15, 0.2) is 0 Å². The predicted molar refractivity (Wildman–Crippen MR) is 87.5 cm³/mol. The van der Waals surface area contributed by atoms with E-state index in [1.165, 1.54) is 4.68 Å². The van der Waals surface area contributed by atoms with Crippen molar-refractivity contribution in [3.05, 3.63) is 11.4 Å². The van der Waals surface area contributed by atoms with Gasteiger partial charge < -0.3 is 15.3 Å². The van der Waals surface area contributed by atoms with E-state index in [2.05, 4.69) is 10.4 Å². The zero-order valence-corrected chi connectivity index (χ0v) is 14.5. The molecular formula is C16H24N4O4. The molecule has 0 aromatic carbocycles. The van der Waals surface area contributed by atoms with Crippen molar-refractivity contribution in [2.45, 2.75) is 40.7 Å². The van der Waals surface area contributed by atoms with Crippen molar-refractivity contribution in [1.82, 2.24) is 14.7 Å². The smallest absolute Gasteiger partial charge is 0.325 e. The first-order valence-electron chi connectivity index (χ1n) is 8.03. The molecule has 1 aromatic heterocycles. The summed E-state index contributed by atoms with van der Waals surface area (Å²) >= 11 is 0. The number of amides is 2. The molecule has 2 N–H and O–H groups in total. The molecule has 1 atom stereocenters. The summed E-state index contributed by atoms with van der Waals surface area (Å²) in [7, 11) is 0. The van der Waals surface area contributed by atoms with Crippen molar-refractivity contribution in [2.75, 3.05) is 18.4 Å². The third kappa shape index (κ3) is 3.93. The summed E-state index contributed by atoms with van der Waals surface area (Å²) < 4.78 is 1.35. The lowest BCUT2D eigenvalue weighted by molar-refractivity contribution is -0.138. The summed E-state index contributed by atoms with van der Waals surface area (Å²) in [6, 6.07) is 0. The number of carbonyl (C=O) groups is 3. The first-order chi connectivity index (χ1) is 11.2. The number of carboxylic acid groups (broad SMARTS) is 1. The number of carbonyl (C=O) groups excluding carboxylic acids is 2. The van der Waals surface area contributed by atoms with Gasteiger partial charge in [0.25, 0.3) is 0 Å². The van der Waals surface area contributed by atoms with Crippen LogP contribution in [0, 0.1) is 25.7 Å². The molecule has 132 valence electrons. The van der Waals surface area contributed by atoms with Gasteiger partial charge in [-0.25, -0.2) is 0 Å². The quantitative estimate of drug-likeness (QED) is 0.807. The van der Waals surface area contributed by atoms with Gasteiger partial charge in [0.05, 0.1) is 23.0 Å². The van der Waals surface area contributed by atoms with Crippen LogP contribution in [0.25, 0.3) is 0 Å². The Morgan fingerprint density at radius 2 is 2.04 bits per heavy atom. The Bertz CT molecular complexity index is 665. The van der Waals surface area contributed by atoms with Crippen LogP contribution in [-0.2, 0) is 20.9 Å². The fourth-order valence-corrected chi connectivity index (χ4v) is 2.95. The molecule has 1 aliphatic rings. The van der Waals surface area contributed by atoms with Gasteiger partial charge in [-0.2, -0.15) is 5.10 Å². The van der Waals surface area contributed by atoms with Crippen molar-refractivity contribution >= 4 is 23.5 Å². The Kier molecular flexibility index (Phi) is 5.26. The van der Waals surface area contributed by atoms with Crippen LogP contribution in [0.1, 0.15) is 31.7 Å². The van der Waals surface area contributed by atoms with Gasteiger partial charge in [-0.1, -0.05) is 13.8 Å². The van der Waals surface area contributed by atoms with Crippen LogP contribution in [0.3, 0.4) is 0 Å². The van der Waals surface area contributed by atoms with Crippen LogP contribution in [0.5, 0.6) is 0 Å². The van der Waals surface area contributed by atoms with E-state index in [4.69, 9.17) is 5.11 Å². The summed E-state index contributed by atoms with van der Waals surface area (Å²) in [6.07, 6.45) is 0.208. The summed E-state index contributed by atoms with van der Waals surface area (Å²) in [5.74, 6) is -1.26. The summed E-state index contributed by atoms with van der Waals surface area (Å²) in [5.41, 5.74) is 1.67. The maximum absolute atomic E-state index is 12.5. The molecule has 1 fully saturated rings. The van der Waals surface area contributed by atoms with E-state index < -0.39 is 11.9 Å². The summed E-state index contributed by atoms with van der Waals surface area (Å²) in [6.45, 7) is 8.30. The molecular weight excluding hydrogens is 312 g/mol. The van der Waals surface area contributed by atoms with Gasteiger partial charge >= 0.3 is 5.97 Å². The molecule has 2 rings (SSSR count). The number of hydrogen-bond acceptors (Lipinski definition) is 4. The minimum atomic E-state index is -0.996. The lowest BCUT2D eigenvalue weighted by atomic mass is 10.1. The minimum absolute atomic E-state index is 0.00105. The second-order valence-corrected chi connectivity index (χ2v) is 6.68. The van der Waals surface area contributed by atoms with E-state index in [9.17, 15) is 14.4 Å². The van der Waals surface area contributed by atoms with E-state index in [0.29, 0.717) is 36.1 Å². The van der Waals surface area contributed by atoms with Crippen LogP contribution < -0.4 is 5.32 Å². The van der Waals surface area contributed by atoms with Gasteiger partial charge in [-0.3, -0.25) is 19.1 Å². The van der Waals surface area contributed by atoms with E-state index >= 15 is 0 Å². The van der Waals surface area contributed by atoms with Crippen molar-refractivity contribution in [2.24, 2.45) is 11.8 Å². The highest BCUT2D eigenvalue weighted by atomic mass is 16.4. The van der Waals surface area contributed by atoms with E-state index in [1.807, 2.05) is 13.8 Å². The molecule has 0 bridgehead atoms. The Hall–Kier alpha value is -2.38. The number of rotatable bonds is 6. The fraction of sp³-hybridized carbons (Fsp3) is 0.625. The molecule has 0 spiro atoms. The number of nitrogens with one attached hydrogen (secondary N) is 1. The first-order valence-corrected chi connectivity index (χ1v) is 8.03. The predicted octanol–water partition coefficient (Wildman–Crippen LogP) is 1.03. The topological polar surface area (TPSA) is 105 Å². The summed E-state index contributed by atoms with van der Waals surface area (Å²) in [5, 5.41) is 15.8. The number of aromatic nitrogens is 2. The molecule has 8 heteroatoms. The summed E-state index contributed by atoms with van der Waals surface area (Å²) in [4.78, 5) is 37.1. The Labute approximate surface area is 140 Å². The van der Waals surface area contributed by atoms with Gasteiger partial charge in [0, 0.05) is 19.5 Å². The van der Waals surface area contributed by atoms with Crippen LogP contribution in [0.4, 0.5) is 5.69 Å². The highest BCUT2D eigenvalue weighted by Gasteiger charge is 2.35. The highest BCUT2D eigenvalue weighted by Crippen LogP contribution is 2.24. The van der Waals surface area contributed by atoms with Crippen molar-refractivity contribution in [3.8, 4) is 0 Å². The lowest BCUT2D eigenvalue weighted by Crippen LogP contribution is -2.31. The van der Waals surface area contributed by atoms with E-state index in [-0.39, 0.29) is 24.8 Å². The van der Waals surface area contributed by atoms with Crippen molar-refractivity contribution in [3.63, 3.8) is 0 Å². The number of nitrogens with zero attached hydrogens (tertiary/aromatic N) is 3. The molecule has 2 amide bonds. The molecule has 0 saturated carbocycles. The number of carboxylic acids is 1. The molecule has 2 heterocycles. The van der Waals surface area contributed by atoms with E-state index in [0.717, 1.165) is 0 Å². The third-order valence-corrected chi connectivity index (χ3v) is 4.09. The Balaban J connectivity index is 2.07. The van der Waals surface area contributed by atoms with Gasteiger partial charge in [-0.05, 0) is 19.8 Å². The van der Waals surface area contributed by atoms with Crippen molar-refractivity contribution < 1.29 is 19.5 Å². The van der Waals surface area contributed by atoms with E-state index in [1.54, 1.807) is 18.7 Å². The number of likely N-dealkylation sites (tertiary alicyclic amines) is 1.